The van der Waals surface area contributed by atoms with E-state index in [9.17, 15) is 54.4 Å². The van der Waals surface area contributed by atoms with Crippen LogP contribution < -0.4 is 16.0 Å². The molecule has 0 aromatic heterocycles. The minimum atomic E-state index is -0.704. The van der Waals surface area contributed by atoms with Crippen molar-refractivity contribution in [2.45, 2.75) is 58.8 Å². The number of rotatable bonds is 32. The molecule has 0 radical (unpaired) electrons. The molecule has 0 aromatic rings. The molecule has 0 saturated carbocycles. The van der Waals surface area contributed by atoms with Crippen molar-refractivity contribution >= 4 is 41.4 Å². The molecule has 0 aromatic carbocycles. The van der Waals surface area contributed by atoms with Crippen molar-refractivity contribution in [2.24, 2.45) is 0 Å². The van der Waals surface area contributed by atoms with Gasteiger partial charge < -0.3 is 34.9 Å². The minimum Gasteiger partial charge on any atom is -0.380 e. The maximum Gasteiger partial charge on any atom is 0.246 e. The Morgan fingerprint density at radius 2 is 0.717 bits per heavy atom. The summed E-state index contributed by atoms with van der Waals surface area (Å²) in [5.74, 6) is -3.84. The molecule has 7 amide bonds. The molecule has 0 heterocycles. The fraction of sp³-hybridized carbons (Fsp3) is 0.774. The predicted molar refractivity (Wildman–Crippen MR) is 180 cm³/mol. The van der Waals surface area contributed by atoms with Crippen LogP contribution in [0.3, 0.4) is 0 Å². The number of hydrogen-bond donors (Lipinski definition) is 7. The number of nitrogens with zero attached hydrogens (tertiary/aromatic N) is 4. The van der Waals surface area contributed by atoms with Gasteiger partial charge >= 0.3 is 0 Å². The smallest absolute Gasteiger partial charge is 0.246 e. The molecule has 0 atom stereocenters. The summed E-state index contributed by atoms with van der Waals surface area (Å²) >= 11 is 0. The van der Waals surface area contributed by atoms with Crippen molar-refractivity contribution in [1.29, 1.82) is 0 Å². The molecule has 0 bridgehead atoms. The first-order valence-corrected chi connectivity index (χ1v) is 17.3. The van der Waals surface area contributed by atoms with Gasteiger partial charge in [-0.3, -0.25) is 54.4 Å². The lowest BCUT2D eigenvalue weighted by Gasteiger charge is -2.16. The topological polar surface area (TPSA) is 286 Å². The van der Waals surface area contributed by atoms with E-state index in [0.717, 1.165) is 6.42 Å². The maximum absolute atomic E-state index is 12.1. The van der Waals surface area contributed by atoms with Crippen LogP contribution in [0.2, 0.25) is 0 Å². The van der Waals surface area contributed by atoms with Gasteiger partial charge in [-0.1, -0.05) is 6.92 Å². The first-order chi connectivity index (χ1) is 25.3. The third kappa shape index (κ3) is 28.2. The monoisotopic (exact) mass is 767 g/mol. The molecule has 0 fully saturated rings. The summed E-state index contributed by atoms with van der Waals surface area (Å²) in [6, 6.07) is 0. The van der Waals surface area contributed by atoms with E-state index in [4.69, 9.17) is 18.9 Å². The number of hydroxylamine groups is 8. The highest BCUT2D eigenvalue weighted by atomic mass is 16.5. The molecule has 0 aliphatic carbocycles. The summed E-state index contributed by atoms with van der Waals surface area (Å²) in [5.41, 5.74) is 0. The largest absolute Gasteiger partial charge is 0.380 e. The van der Waals surface area contributed by atoms with Crippen molar-refractivity contribution in [1.82, 2.24) is 36.2 Å². The molecule has 0 rings (SSSR count). The Kier molecular flexibility index (Phi) is 29.1. The van der Waals surface area contributed by atoms with Crippen LogP contribution in [0.5, 0.6) is 0 Å². The van der Waals surface area contributed by atoms with Crippen molar-refractivity contribution in [2.75, 3.05) is 98.7 Å². The maximum atomic E-state index is 12.1. The average molecular weight is 768 g/mol. The van der Waals surface area contributed by atoms with E-state index in [2.05, 4.69) is 16.0 Å². The molecular formula is C31H57N7O15. The summed E-state index contributed by atoms with van der Waals surface area (Å²) in [7, 11) is 0. The van der Waals surface area contributed by atoms with E-state index < -0.39 is 41.4 Å². The van der Waals surface area contributed by atoms with E-state index >= 15 is 0 Å². The van der Waals surface area contributed by atoms with Crippen molar-refractivity contribution < 1.29 is 73.3 Å². The minimum absolute atomic E-state index is 0.00819. The number of hydrogen-bond acceptors (Lipinski definition) is 15. The summed E-state index contributed by atoms with van der Waals surface area (Å²) in [4.78, 5) is 82.4. The summed E-state index contributed by atoms with van der Waals surface area (Å²) in [6.07, 6.45) is -0.371. The average Bonchev–Trinajstić information content (AvgIpc) is 3.13. The van der Waals surface area contributed by atoms with Gasteiger partial charge in [0.05, 0.1) is 72.4 Å². The Labute approximate surface area is 308 Å². The van der Waals surface area contributed by atoms with Gasteiger partial charge in [0.25, 0.3) is 0 Å². The third-order valence-electron chi connectivity index (χ3n) is 6.77. The van der Waals surface area contributed by atoms with Crippen LogP contribution in [0, 0.1) is 0 Å². The number of carbonyl (C=O) groups is 7. The fourth-order valence-electron chi connectivity index (χ4n) is 3.79. The van der Waals surface area contributed by atoms with Crippen LogP contribution in [0.25, 0.3) is 0 Å². The summed E-state index contributed by atoms with van der Waals surface area (Å²) in [6.45, 7) is 4.10. The highest BCUT2D eigenvalue weighted by Crippen LogP contribution is 1.99. The quantitative estimate of drug-likeness (QED) is 0.0222. The van der Waals surface area contributed by atoms with Gasteiger partial charge in [0, 0.05) is 71.7 Å². The molecule has 0 aliphatic heterocycles. The van der Waals surface area contributed by atoms with E-state index in [1.54, 1.807) is 0 Å². The van der Waals surface area contributed by atoms with Crippen molar-refractivity contribution in [3.05, 3.63) is 0 Å². The second kappa shape index (κ2) is 31.5. The summed E-state index contributed by atoms with van der Waals surface area (Å²) in [5, 5.41) is 48.0. The molecule has 22 nitrogen and oxygen atoms in total. The first-order valence-electron chi connectivity index (χ1n) is 17.3. The van der Waals surface area contributed by atoms with E-state index in [-0.39, 0.29) is 131 Å². The lowest BCUT2D eigenvalue weighted by atomic mass is 10.2. The van der Waals surface area contributed by atoms with E-state index in [1.165, 1.54) is 6.92 Å². The van der Waals surface area contributed by atoms with E-state index in [1.807, 2.05) is 6.92 Å². The van der Waals surface area contributed by atoms with Gasteiger partial charge in [-0.25, -0.2) is 20.3 Å². The van der Waals surface area contributed by atoms with Crippen LogP contribution in [0.1, 0.15) is 58.8 Å². The SMILES string of the molecule is CCCOCCN(O)C(=O)CCC(=O)NCCOCCN(O)C(=O)CCC(=O)NCCOCCN(O)C(=O)CCC(=O)NCCOCCN(O)C(C)=O. The molecule has 22 heteroatoms. The van der Waals surface area contributed by atoms with Crippen LogP contribution in [0.15, 0.2) is 0 Å². The van der Waals surface area contributed by atoms with Gasteiger partial charge in [-0.05, 0) is 6.42 Å². The second-order valence-electron chi connectivity index (χ2n) is 11.2. The Morgan fingerprint density at radius 1 is 0.434 bits per heavy atom. The van der Waals surface area contributed by atoms with Crippen molar-refractivity contribution in [3.63, 3.8) is 0 Å². The highest BCUT2D eigenvalue weighted by Gasteiger charge is 2.16. The molecule has 0 aliphatic rings. The Hall–Kier alpha value is -4.03. The molecule has 0 unspecified atom stereocenters. The number of amides is 7. The Bertz CT molecular complexity index is 1100. The predicted octanol–water partition coefficient (Wildman–Crippen LogP) is -1.96. The number of ether oxygens (including phenoxy) is 4. The summed E-state index contributed by atoms with van der Waals surface area (Å²) < 4.78 is 20.9. The number of nitrogens with one attached hydrogen (secondary N) is 3. The van der Waals surface area contributed by atoms with Crippen LogP contribution >= 0.6 is 0 Å². The lowest BCUT2D eigenvalue weighted by Crippen LogP contribution is -2.34. The van der Waals surface area contributed by atoms with Gasteiger partial charge in [-0.15, -0.1) is 0 Å². The molecule has 0 spiro atoms. The second-order valence-corrected chi connectivity index (χ2v) is 11.2. The highest BCUT2D eigenvalue weighted by molar-refractivity contribution is 5.84. The lowest BCUT2D eigenvalue weighted by molar-refractivity contribution is -0.168. The molecular weight excluding hydrogens is 710 g/mol. The standard InChI is InChI=1S/C31H57N7O15/c1-3-17-50-22-14-36(47)29(43)7-4-27(41)33-11-19-52-24-16-38(49)31(45)9-6-28(42)34-12-20-53-23-15-37(48)30(44)8-5-26(40)32-10-18-51-21-13-35(46)25(2)39/h46-49H,3-24H2,1-2H3,(H,32,40)(H,33,41)(H,34,42). The Morgan fingerprint density at radius 3 is 1.00 bits per heavy atom. The van der Waals surface area contributed by atoms with Gasteiger partial charge in [-0.2, -0.15) is 0 Å². The van der Waals surface area contributed by atoms with Gasteiger partial charge in [0.1, 0.15) is 0 Å². The normalized spacial score (nSPS) is 10.7. The zero-order chi connectivity index (χ0) is 39.9. The fourth-order valence-corrected chi connectivity index (χ4v) is 3.79. The van der Waals surface area contributed by atoms with Gasteiger partial charge in [0.2, 0.25) is 41.4 Å². The van der Waals surface area contributed by atoms with Crippen LogP contribution in [-0.2, 0) is 52.5 Å². The third-order valence-corrected chi connectivity index (χ3v) is 6.77. The molecule has 7 N–H and O–H groups in total. The zero-order valence-corrected chi connectivity index (χ0v) is 30.6. The Balaban J connectivity index is 3.81. The zero-order valence-electron chi connectivity index (χ0n) is 30.6. The molecule has 53 heavy (non-hydrogen) atoms. The van der Waals surface area contributed by atoms with Crippen molar-refractivity contribution in [3.8, 4) is 0 Å². The molecule has 0 saturated heterocycles. The first kappa shape index (κ1) is 49.0. The van der Waals surface area contributed by atoms with Crippen LogP contribution in [-0.4, -0.2) is 181 Å². The van der Waals surface area contributed by atoms with E-state index in [0.29, 0.717) is 26.9 Å². The van der Waals surface area contributed by atoms with Gasteiger partial charge in [0.15, 0.2) is 0 Å². The molecule has 306 valence electrons. The van der Waals surface area contributed by atoms with Crippen LogP contribution in [0.4, 0.5) is 0 Å². The number of carbonyl (C=O) groups excluding carboxylic acids is 7.